The minimum absolute atomic E-state index is 0.171. The number of rotatable bonds is 3. The number of carbonyl (C=O) groups is 1. The van der Waals surface area contributed by atoms with Crippen LogP contribution < -0.4 is 0 Å². The van der Waals surface area contributed by atoms with E-state index in [1.165, 1.54) is 5.56 Å². The first-order valence-electron chi connectivity index (χ1n) is 7.88. The Morgan fingerprint density at radius 3 is 2.61 bits per heavy atom. The summed E-state index contributed by atoms with van der Waals surface area (Å²) in [6, 6.07) is 18.5. The molecule has 1 aliphatic heterocycles. The van der Waals surface area contributed by atoms with Gasteiger partial charge in [-0.25, -0.2) is 0 Å². The van der Waals surface area contributed by atoms with Crippen LogP contribution in [0.1, 0.15) is 27.6 Å². The van der Waals surface area contributed by atoms with Crippen LogP contribution in [0, 0.1) is 0 Å². The summed E-state index contributed by atoms with van der Waals surface area (Å²) in [6.07, 6.45) is 3.04. The molecule has 23 heavy (non-hydrogen) atoms. The normalized spacial score (nSPS) is 18.5. The lowest BCUT2D eigenvalue weighted by Crippen LogP contribution is -2.33. The summed E-state index contributed by atoms with van der Waals surface area (Å²) in [5.41, 5.74) is 2.21. The molecule has 1 saturated heterocycles. The van der Waals surface area contributed by atoms with Crippen molar-refractivity contribution in [3.8, 4) is 0 Å². The van der Waals surface area contributed by atoms with Gasteiger partial charge in [0.2, 0.25) is 0 Å². The van der Waals surface area contributed by atoms with E-state index in [-0.39, 0.29) is 5.91 Å². The molecule has 0 aliphatic carbocycles. The van der Waals surface area contributed by atoms with E-state index in [1.807, 2.05) is 47.2 Å². The van der Waals surface area contributed by atoms with Gasteiger partial charge in [-0.3, -0.25) is 4.79 Å². The van der Waals surface area contributed by atoms with E-state index in [1.54, 1.807) is 11.8 Å². The molecule has 1 atom stereocenters. The summed E-state index contributed by atoms with van der Waals surface area (Å²) in [4.78, 5) is 16.0. The van der Waals surface area contributed by atoms with Gasteiger partial charge in [-0.05, 0) is 30.4 Å². The van der Waals surface area contributed by atoms with Gasteiger partial charge < -0.3 is 4.90 Å². The lowest BCUT2D eigenvalue weighted by atomic mass is 10.1. The lowest BCUT2D eigenvalue weighted by Gasteiger charge is -2.21. The van der Waals surface area contributed by atoms with Crippen molar-refractivity contribution in [2.45, 2.75) is 16.6 Å². The van der Waals surface area contributed by atoms with E-state index >= 15 is 0 Å². The highest BCUT2D eigenvalue weighted by molar-refractivity contribution is 7.99. The third-order valence-corrected chi connectivity index (χ3v) is 6.26. The molecule has 2 aromatic rings. The molecule has 120 valence electrons. The van der Waals surface area contributed by atoms with Gasteiger partial charge in [-0.1, -0.05) is 42.5 Å². The molecule has 4 heteroatoms. The Balaban J connectivity index is 1.71. The topological polar surface area (TPSA) is 20.3 Å². The van der Waals surface area contributed by atoms with Crippen molar-refractivity contribution in [1.82, 2.24) is 4.90 Å². The summed E-state index contributed by atoms with van der Waals surface area (Å²) in [5.74, 6) is 1.16. The third-order valence-electron chi connectivity index (χ3n) is 4.14. The van der Waals surface area contributed by atoms with Crippen molar-refractivity contribution >= 4 is 29.4 Å². The van der Waals surface area contributed by atoms with Crippen LogP contribution in [-0.4, -0.2) is 35.9 Å². The first-order chi connectivity index (χ1) is 11.3. The smallest absolute Gasteiger partial charge is 0.255 e. The van der Waals surface area contributed by atoms with Gasteiger partial charge in [0.05, 0.1) is 5.56 Å². The van der Waals surface area contributed by atoms with Crippen LogP contribution >= 0.6 is 23.5 Å². The summed E-state index contributed by atoms with van der Waals surface area (Å²) in [7, 11) is 0. The van der Waals surface area contributed by atoms with Crippen LogP contribution in [0.4, 0.5) is 0 Å². The molecule has 2 aromatic carbocycles. The SMILES string of the molecule is CSc1ccccc1C(=O)N1CCSC(c2ccccc2)CC1. The van der Waals surface area contributed by atoms with Gasteiger partial charge in [-0.2, -0.15) is 11.8 Å². The molecule has 1 unspecified atom stereocenters. The molecular weight excluding hydrogens is 322 g/mol. The summed E-state index contributed by atoms with van der Waals surface area (Å²) in [5, 5.41) is 0.491. The predicted molar refractivity (Wildman–Crippen MR) is 100 cm³/mol. The lowest BCUT2D eigenvalue weighted by molar-refractivity contribution is 0.0763. The van der Waals surface area contributed by atoms with Crippen molar-refractivity contribution in [2.75, 3.05) is 25.1 Å². The summed E-state index contributed by atoms with van der Waals surface area (Å²) >= 11 is 3.60. The first-order valence-corrected chi connectivity index (χ1v) is 10.2. The van der Waals surface area contributed by atoms with Crippen LogP contribution in [0.2, 0.25) is 0 Å². The highest BCUT2D eigenvalue weighted by atomic mass is 32.2. The molecule has 1 fully saturated rings. The minimum Gasteiger partial charge on any atom is -0.338 e. The highest BCUT2D eigenvalue weighted by Crippen LogP contribution is 2.34. The van der Waals surface area contributed by atoms with Crippen molar-refractivity contribution in [3.05, 3.63) is 65.7 Å². The Bertz CT molecular complexity index is 659. The monoisotopic (exact) mass is 343 g/mol. The fourth-order valence-corrected chi connectivity index (χ4v) is 4.72. The Labute approximate surface area is 146 Å². The Morgan fingerprint density at radius 1 is 1.09 bits per heavy atom. The second kappa shape index (κ2) is 7.93. The molecule has 1 aliphatic rings. The van der Waals surface area contributed by atoms with Crippen LogP contribution in [0.5, 0.6) is 0 Å². The maximum absolute atomic E-state index is 12.9. The molecule has 0 spiro atoms. The Hall–Kier alpha value is -1.39. The Morgan fingerprint density at radius 2 is 1.83 bits per heavy atom. The molecule has 0 N–H and O–H groups in total. The molecule has 3 rings (SSSR count). The average molecular weight is 344 g/mol. The second-order valence-corrected chi connectivity index (χ2v) is 7.71. The summed E-state index contributed by atoms with van der Waals surface area (Å²) in [6.45, 7) is 1.66. The number of thioether (sulfide) groups is 2. The zero-order valence-electron chi connectivity index (χ0n) is 13.3. The number of carbonyl (C=O) groups excluding carboxylic acids is 1. The molecular formula is C19H21NOS2. The fraction of sp³-hybridized carbons (Fsp3) is 0.316. The molecule has 0 bridgehead atoms. The van der Waals surface area contributed by atoms with Crippen LogP contribution in [0.25, 0.3) is 0 Å². The van der Waals surface area contributed by atoms with Gasteiger partial charge in [0, 0.05) is 29.0 Å². The van der Waals surface area contributed by atoms with E-state index in [9.17, 15) is 4.79 Å². The van der Waals surface area contributed by atoms with Crippen LogP contribution in [-0.2, 0) is 0 Å². The quantitative estimate of drug-likeness (QED) is 0.752. The largest absolute Gasteiger partial charge is 0.338 e. The molecule has 1 amide bonds. The Kier molecular flexibility index (Phi) is 5.68. The maximum atomic E-state index is 12.9. The molecule has 0 aromatic heterocycles. The van der Waals surface area contributed by atoms with Gasteiger partial charge in [0.1, 0.15) is 0 Å². The van der Waals surface area contributed by atoms with E-state index in [2.05, 4.69) is 30.3 Å². The zero-order valence-corrected chi connectivity index (χ0v) is 14.9. The number of hydrogen-bond acceptors (Lipinski definition) is 3. The van der Waals surface area contributed by atoms with Gasteiger partial charge in [0.25, 0.3) is 5.91 Å². The highest BCUT2D eigenvalue weighted by Gasteiger charge is 2.23. The first kappa shape index (κ1) is 16.5. The van der Waals surface area contributed by atoms with Crippen molar-refractivity contribution < 1.29 is 4.79 Å². The van der Waals surface area contributed by atoms with Crippen molar-refractivity contribution in [1.29, 1.82) is 0 Å². The molecule has 2 nitrogen and oxygen atoms in total. The molecule has 0 radical (unpaired) electrons. The van der Waals surface area contributed by atoms with Gasteiger partial charge >= 0.3 is 0 Å². The molecule has 1 heterocycles. The second-order valence-electron chi connectivity index (χ2n) is 5.55. The zero-order chi connectivity index (χ0) is 16.1. The summed E-state index contributed by atoms with van der Waals surface area (Å²) < 4.78 is 0. The van der Waals surface area contributed by atoms with Crippen LogP contribution in [0.3, 0.4) is 0 Å². The third kappa shape index (κ3) is 3.93. The predicted octanol–water partition coefficient (Wildman–Crippen LogP) is 4.73. The fourth-order valence-electron chi connectivity index (χ4n) is 2.90. The van der Waals surface area contributed by atoms with Crippen LogP contribution in [0.15, 0.2) is 59.5 Å². The standard InChI is InChI=1S/C19H21NOS2/c1-22-18-10-6-5-9-16(18)19(21)20-12-11-17(23-14-13-20)15-7-3-2-4-8-15/h2-10,17H,11-14H2,1H3. The van der Waals surface area contributed by atoms with Crippen molar-refractivity contribution in [3.63, 3.8) is 0 Å². The van der Waals surface area contributed by atoms with E-state index < -0.39 is 0 Å². The molecule has 0 saturated carbocycles. The van der Waals surface area contributed by atoms with Crippen molar-refractivity contribution in [2.24, 2.45) is 0 Å². The number of nitrogens with zero attached hydrogens (tertiary/aromatic N) is 1. The van der Waals surface area contributed by atoms with Gasteiger partial charge in [0.15, 0.2) is 0 Å². The number of benzene rings is 2. The van der Waals surface area contributed by atoms with E-state index in [0.29, 0.717) is 5.25 Å². The van der Waals surface area contributed by atoms with Gasteiger partial charge in [-0.15, -0.1) is 11.8 Å². The number of amides is 1. The maximum Gasteiger partial charge on any atom is 0.255 e. The van der Waals surface area contributed by atoms with E-state index in [0.717, 1.165) is 35.7 Å². The van der Waals surface area contributed by atoms with E-state index in [4.69, 9.17) is 0 Å². The average Bonchev–Trinajstić information content (AvgIpc) is 2.88. The minimum atomic E-state index is 0.171. The number of hydrogen-bond donors (Lipinski definition) is 0.